The Balaban J connectivity index is -0.00000000381. The van der Waals surface area contributed by atoms with Crippen LogP contribution in [0.15, 0.2) is 0 Å². The first kappa shape index (κ1) is 77.2. The zero-order chi connectivity index (χ0) is 4.50. The van der Waals surface area contributed by atoms with Gasteiger partial charge < -0.3 is 32.9 Å². The molecule has 0 fully saturated rings. The molecule has 0 saturated heterocycles. The van der Waals surface area contributed by atoms with E-state index in [1.54, 1.807) is 0 Å². The second-order valence-corrected chi connectivity index (χ2v) is 1.13. The number of hydrogen-bond donors (Lipinski definition) is 0. The van der Waals surface area contributed by atoms with Crippen LogP contribution in [0.1, 0.15) is 0 Å². The summed E-state index contributed by atoms with van der Waals surface area (Å²) in [5.74, 6) is 0. The Morgan fingerprint density at radius 2 is 0.500 bits per heavy atom. The smallest absolute Gasteiger partial charge is 0.412 e. The van der Waals surface area contributed by atoms with Gasteiger partial charge in [0.2, 0.25) is 0 Å². The van der Waals surface area contributed by atoms with Gasteiger partial charge in [0.25, 0.3) is 0 Å². The molecule has 0 heterocycles. The molecule has 0 aromatic carbocycles. The van der Waals surface area contributed by atoms with E-state index in [0.29, 0.717) is 0 Å². The molecule has 0 aliphatic carbocycles. The van der Waals surface area contributed by atoms with Crippen LogP contribution in [0.25, 0.3) is 0 Å². The largest absolute Gasteiger partial charge is 2.00 e. The molecule has 10 nitrogen and oxygen atoms in total. The van der Waals surface area contributed by atoms with E-state index in [1.807, 2.05) is 0 Å². The van der Waals surface area contributed by atoms with E-state index < -0.39 is 10.2 Å². The standard InChI is InChI=1S/Cd.ClHO4.6H2O/c;2-1(3,4)5;;;;;;/h;(H,2,3,4,5);6*1H2/q+2;;;;;;;/p-1. The van der Waals surface area contributed by atoms with Crippen molar-refractivity contribution in [1.29, 1.82) is 0 Å². The molecule has 0 amide bonds. The second kappa shape index (κ2) is 29.8. The van der Waals surface area contributed by atoms with Gasteiger partial charge in [-0.25, -0.2) is 18.6 Å². The Morgan fingerprint density at radius 1 is 0.500 bits per heavy atom. The summed E-state index contributed by atoms with van der Waals surface area (Å²) in [5.41, 5.74) is 0. The minimum atomic E-state index is -4.94. The third-order valence-electron chi connectivity index (χ3n) is 0. The van der Waals surface area contributed by atoms with E-state index in [1.165, 1.54) is 0 Å². The molecule has 0 unspecified atom stereocenters. The maximum absolute atomic E-state index is 8.49. The molecule has 0 atom stereocenters. The summed E-state index contributed by atoms with van der Waals surface area (Å²) in [6.45, 7) is 0. The Kier molecular flexibility index (Phi) is 191. The molecule has 0 aromatic rings. The summed E-state index contributed by atoms with van der Waals surface area (Å²) >= 11 is 0. The van der Waals surface area contributed by atoms with Gasteiger partial charge in [0.1, 0.15) is 0 Å². The predicted octanol–water partition coefficient (Wildman–Crippen LogP) is -9.71. The Labute approximate surface area is 89.2 Å². The van der Waals surface area contributed by atoms with Crippen molar-refractivity contribution < 1.29 is 89.0 Å². The monoisotopic (exact) mass is 321 g/mol. The molecule has 12 heavy (non-hydrogen) atoms. The first-order valence-corrected chi connectivity index (χ1v) is 1.85. The quantitative estimate of drug-likeness (QED) is 0.392. The average molecular weight is 320 g/mol. The van der Waals surface area contributed by atoms with Gasteiger partial charge in [0.05, 0.1) is 0 Å². The summed E-state index contributed by atoms with van der Waals surface area (Å²) in [4.78, 5) is 0. The minimum Gasteiger partial charge on any atom is -0.412 e. The van der Waals surface area contributed by atoms with E-state index >= 15 is 0 Å². The summed E-state index contributed by atoms with van der Waals surface area (Å²) < 4.78 is 34.0. The summed E-state index contributed by atoms with van der Waals surface area (Å²) in [6.07, 6.45) is 0. The molecule has 0 aliphatic heterocycles. The second-order valence-electron chi connectivity index (χ2n) is 0.378. The van der Waals surface area contributed by atoms with E-state index in [-0.39, 0.29) is 60.2 Å². The van der Waals surface area contributed by atoms with Crippen LogP contribution in [-0.2, 0) is 27.3 Å². The van der Waals surface area contributed by atoms with Crippen LogP contribution in [0.4, 0.5) is 0 Å². The molecule has 12 heteroatoms. The molecule has 0 aliphatic rings. The molecule has 0 bridgehead atoms. The Hall–Kier alpha value is 0.812. The van der Waals surface area contributed by atoms with Gasteiger partial charge in [0, 0.05) is 0 Å². The van der Waals surface area contributed by atoms with Crippen molar-refractivity contribution in [2.45, 2.75) is 0 Å². The Morgan fingerprint density at radius 3 is 0.500 bits per heavy atom. The summed E-state index contributed by atoms with van der Waals surface area (Å²) in [5, 5.41) is 0. The number of halogens is 1. The first-order chi connectivity index (χ1) is 2.00. The zero-order valence-electron chi connectivity index (χ0n) is 5.72. The maximum Gasteiger partial charge on any atom is 2.00 e. The molecular formula is H12CdClO10+. The fraction of sp³-hybridized carbons (Fsp3) is 0. The van der Waals surface area contributed by atoms with Crippen molar-refractivity contribution in [2.24, 2.45) is 0 Å². The van der Waals surface area contributed by atoms with Crippen molar-refractivity contribution in [1.82, 2.24) is 0 Å². The van der Waals surface area contributed by atoms with Gasteiger partial charge in [-0.2, -0.15) is 0 Å². The van der Waals surface area contributed by atoms with Crippen LogP contribution in [-0.4, -0.2) is 32.9 Å². The zero-order valence-corrected chi connectivity index (χ0v) is 10.5. The molecule has 80 valence electrons. The van der Waals surface area contributed by atoms with Crippen molar-refractivity contribution in [2.75, 3.05) is 0 Å². The average Bonchev–Trinajstić information content (AvgIpc) is 0.722. The maximum atomic E-state index is 8.49. The van der Waals surface area contributed by atoms with E-state index in [0.717, 1.165) is 0 Å². The van der Waals surface area contributed by atoms with Crippen LogP contribution < -0.4 is 18.6 Å². The fourth-order valence-corrected chi connectivity index (χ4v) is 0. The minimum absolute atomic E-state index is 0. The predicted molar refractivity (Wildman–Crippen MR) is 21.7 cm³/mol. The molecular weight excluding hydrogens is 308 g/mol. The van der Waals surface area contributed by atoms with Crippen LogP contribution in [0, 0.1) is 10.2 Å². The van der Waals surface area contributed by atoms with E-state index in [9.17, 15) is 0 Å². The summed E-state index contributed by atoms with van der Waals surface area (Å²) in [6, 6.07) is 0. The van der Waals surface area contributed by atoms with Crippen molar-refractivity contribution >= 4 is 0 Å². The summed E-state index contributed by atoms with van der Waals surface area (Å²) in [7, 11) is -4.94. The molecule has 0 spiro atoms. The molecule has 0 radical (unpaired) electrons. The van der Waals surface area contributed by atoms with Crippen molar-refractivity contribution in [3.63, 3.8) is 0 Å². The van der Waals surface area contributed by atoms with E-state index in [4.69, 9.17) is 18.6 Å². The van der Waals surface area contributed by atoms with Crippen molar-refractivity contribution in [3.05, 3.63) is 0 Å². The van der Waals surface area contributed by atoms with Gasteiger partial charge >= 0.3 is 27.3 Å². The third-order valence-corrected chi connectivity index (χ3v) is 0. The van der Waals surface area contributed by atoms with Crippen LogP contribution >= 0.6 is 0 Å². The van der Waals surface area contributed by atoms with Crippen molar-refractivity contribution in [3.8, 4) is 0 Å². The normalized spacial score (nSPS) is 5.00. The topological polar surface area (TPSA) is 281 Å². The number of hydrogen-bond acceptors (Lipinski definition) is 4. The van der Waals surface area contributed by atoms with Gasteiger partial charge in [0.15, 0.2) is 0 Å². The van der Waals surface area contributed by atoms with Crippen LogP contribution in [0.2, 0.25) is 0 Å². The van der Waals surface area contributed by atoms with Gasteiger partial charge in [-0.1, -0.05) is 0 Å². The molecule has 0 aromatic heterocycles. The van der Waals surface area contributed by atoms with Crippen LogP contribution in [0.5, 0.6) is 0 Å². The molecule has 0 saturated carbocycles. The van der Waals surface area contributed by atoms with Gasteiger partial charge in [-0.15, -0.1) is 10.2 Å². The Bertz CT molecular complexity index is 25.3. The molecule has 12 N–H and O–H groups in total. The van der Waals surface area contributed by atoms with Gasteiger partial charge in [-0.3, -0.25) is 0 Å². The SMILES string of the molecule is O.O.O.O.O.O.[Cd+2].[O-][Cl+3]([O-])([O-])[O-]. The number of rotatable bonds is 0. The van der Waals surface area contributed by atoms with Gasteiger partial charge in [-0.05, 0) is 0 Å². The first-order valence-electron chi connectivity index (χ1n) is 0.617. The third kappa shape index (κ3) is 1580. The fourth-order valence-electron chi connectivity index (χ4n) is 0. The molecule has 0 rings (SSSR count). The van der Waals surface area contributed by atoms with Crippen LogP contribution in [0.3, 0.4) is 0 Å². The van der Waals surface area contributed by atoms with E-state index in [2.05, 4.69) is 0 Å².